The van der Waals surface area contributed by atoms with Gasteiger partial charge >= 0.3 is 0 Å². The quantitative estimate of drug-likeness (QED) is 0.440. The van der Waals surface area contributed by atoms with Crippen LogP contribution in [-0.4, -0.2) is 23.5 Å². The number of rotatable bonds is 4. The molecule has 0 saturated carbocycles. The van der Waals surface area contributed by atoms with Gasteiger partial charge in [0.25, 0.3) is 5.91 Å². The molecule has 1 aliphatic rings. The highest BCUT2D eigenvalue weighted by Gasteiger charge is 2.13. The van der Waals surface area contributed by atoms with Gasteiger partial charge in [0.05, 0.1) is 6.21 Å². The molecule has 0 unspecified atom stereocenters. The number of aromatic nitrogens is 1. The van der Waals surface area contributed by atoms with E-state index in [0.717, 1.165) is 27.4 Å². The Hall–Kier alpha value is -3.80. The standard InChI is InChI=1S/C22H17N3O3/c26-22(24-23-12-15-9-10-20-21(11-15)28-14-27-20)13-25-18-7-3-1-5-16(18)17-6-2-4-8-19(17)25/h1-12H,13-14H2,(H,24,26)/b23-12+. The zero-order valence-corrected chi connectivity index (χ0v) is 15.0. The largest absolute Gasteiger partial charge is 0.454 e. The van der Waals surface area contributed by atoms with E-state index in [1.165, 1.54) is 0 Å². The van der Waals surface area contributed by atoms with E-state index in [2.05, 4.69) is 22.7 Å². The third-order valence-corrected chi connectivity index (χ3v) is 4.78. The maximum Gasteiger partial charge on any atom is 0.260 e. The molecule has 0 aliphatic carbocycles. The number of fused-ring (bicyclic) bond motifs is 4. The van der Waals surface area contributed by atoms with Crippen molar-refractivity contribution in [2.24, 2.45) is 5.10 Å². The number of nitrogens with one attached hydrogen (secondary N) is 1. The van der Waals surface area contributed by atoms with E-state index < -0.39 is 0 Å². The number of benzene rings is 3. The summed E-state index contributed by atoms with van der Waals surface area (Å²) in [5.74, 6) is 1.21. The predicted molar refractivity (Wildman–Crippen MR) is 108 cm³/mol. The molecular formula is C22H17N3O3. The van der Waals surface area contributed by atoms with Crippen molar-refractivity contribution in [1.29, 1.82) is 0 Å². The van der Waals surface area contributed by atoms with Crippen LogP contribution in [0.15, 0.2) is 71.8 Å². The summed E-state index contributed by atoms with van der Waals surface area (Å²) in [7, 11) is 0. The highest BCUT2D eigenvalue weighted by atomic mass is 16.7. The molecule has 138 valence electrons. The number of hydrogen-bond acceptors (Lipinski definition) is 4. The van der Waals surface area contributed by atoms with Crippen LogP contribution < -0.4 is 14.9 Å². The summed E-state index contributed by atoms with van der Waals surface area (Å²) in [5, 5.41) is 6.34. The molecule has 0 atom stereocenters. The third-order valence-electron chi connectivity index (χ3n) is 4.78. The number of nitrogens with zero attached hydrogens (tertiary/aromatic N) is 2. The number of hydrogen-bond donors (Lipinski definition) is 1. The Labute approximate surface area is 161 Å². The fourth-order valence-electron chi connectivity index (χ4n) is 3.52. The minimum absolute atomic E-state index is 0.187. The van der Waals surface area contributed by atoms with Crippen molar-refractivity contribution in [2.75, 3.05) is 6.79 Å². The normalized spacial score (nSPS) is 12.9. The Morgan fingerprint density at radius 1 is 0.964 bits per heavy atom. The highest BCUT2D eigenvalue weighted by Crippen LogP contribution is 2.32. The maximum atomic E-state index is 12.5. The molecular weight excluding hydrogens is 354 g/mol. The molecule has 6 heteroatoms. The van der Waals surface area contributed by atoms with Gasteiger partial charge in [-0.05, 0) is 35.9 Å². The van der Waals surface area contributed by atoms with Crippen molar-refractivity contribution in [3.05, 3.63) is 72.3 Å². The summed E-state index contributed by atoms with van der Waals surface area (Å²) in [6, 6.07) is 21.7. The van der Waals surface area contributed by atoms with Crippen LogP contribution in [-0.2, 0) is 11.3 Å². The molecule has 3 aromatic carbocycles. The first-order valence-corrected chi connectivity index (χ1v) is 8.97. The summed E-state index contributed by atoms with van der Waals surface area (Å²) < 4.78 is 12.6. The monoisotopic (exact) mass is 371 g/mol. The van der Waals surface area contributed by atoms with Crippen molar-refractivity contribution in [1.82, 2.24) is 9.99 Å². The fraction of sp³-hybridized carbons (Fsp3) is 0.0909. The third kappa shape index (κ3) is 2.85. The van der Waals surface area contributed by atoms with E-state index in [-0.39, 0.29) is 19.2 Å². The van der Waals surface area contributed by atoms with Crippen LogP contribution in [0.3, 0.4) is 0 Å². The zero-order chi connectivity index (χ0) is 18.9. The van der Waals surface area contributed by atoms with Gasteiger partial charge in [-0.3, -0.25) is 4.79 Å². The molecule has 0 fully saturated rings. The Morgan fingerprint density at radius 3 is 2.39 bits per heavy atom. The fourth-order valence-corrected chi connectivity index (χ4v) is 3.52. The van der Waals surface area contributed by atoms with Crippen molar-refractivity contribution < 1.29 is 14.3 Å². The van der Waals surface area contributed by atoms with E-state index in [9.17, 15) is 4.79 Å². The number of para-hydroxylation sites is 2. The van der Waals surface area contributed by atoms with Gasteiger partial charge in [-0.25, -0.2) is 5.43 Å². The Morgan fingerprint density at radius 2 is 1.64 bits per heavy atom. The lowest BCUT2D eigenvalue weighted by atomic mass is 10.2. The van der Waals surface area contributed by atoms with Gasteiger partial charge in [0.2, 0.25) is 6.79 Å². The Bertz CT molecular complexity index is 1170. The van der Waals surface area contributed by atoms with Crippen molar-refractivity contribution in [2.45, 2.75) is 6.54 Å². The maximum absolute atomic E-state index is 12.5. The second-order valence-electron chi connectivity index (χ2n) is 6.53. The summed E-state index contributed by atoms with van der Waals surface area (Å²) in [6.45, 7) is 0.415. The van der Waals surface area contributed by atoms with Gasteiger partial charge in [0, 0.05) is 21.8 Å². The van der Waals surface area contributed by atoms with Crippen LogP contribution in [0.2, 0.25) is 0 Å². The molecule has 28 heavy (non-hydrogen) atoms. The number of amides is 1. The van der Waals surface area contributed by atoms with Crippen LogP contribution >= 0.6 is 0 Å². The van der Waals surface area contributed by atoms with Crippen LogP contribution in [0.4, 0.5) is 0 Å². The zero-order valence-electron chi connectivity index (χ0n) is 15.0. The molecule has 1 N–H and O–H groups in total. The van der Waals surface area contributed by atoms with Crippen LogP contribution in [0.25, 0.3) is 21.8 Å². The average Bonchev–Trinajstić information content (AvgIpc) is 3.31. The van der Waals surface area contributed by atoms with Gasteiger partial charge in [-0.15, -0.1) is 0 Å². The van der Waals surface area contributed by atoms with E-state index in [1.54, 1.807) is 6.21 Å². The predicted octanol–water partition coefficient (Wildman–Crippen LogP) is 3.67. The van der Waals surface area contributed by atoms with Gasteiger partial charge in [-0.2, -0.15) is 5.10 Å². The molecule has 1 aliphatic heterocycles. The second kappa shape index (κ2) is 6.74. The lowest BCUT2D eigenvalue weighted by Gasteiger charge is -2.06. The number of carbonyl (C=O) groups is 1. The van der Waals surface area contributed by atoms with E-state index >= 15 is 0 Å². The molecule has 0 radical (unpaired) electrons. The first-order chi connectivity index (χ1) is 13.8. The summed E-state index contributed by atoms with van der Waals surface area (Å²) in [6.07, 6.45) is 1.59. The lowest BCUT2D eigenvalue weighted by Crippen LogP contribution is -2.23. The molecule has 1 aromatic heterocycles. The number of carbonyl (C=O) groups excluding carboxylic acids is 1. The highest BCUT2D eigenvalue weighted by molar-refractivity contribution is 6.08. The van der Waals surface area contributed by atoms with Gasteiger partial charge in [0.15, 0.2) is 11.5 Å². The van der Waals surface area contributed by atoms with Gasteiger partial charge < -0.3 is 14.0 Å². The molecule has 5 rings (SSSR count). The molecule has 1 amide bonds. The molecule has 0 bridgehead atoms. The van der Waals surface area contributed by atoms with Crippen LogP contribution in [0.5, 0.6) is 11.5 Å². The molecule has 0 spiro atoms. The number of hydrazone groups is 1. The van der Waals surface area contributed by atoms with E-state index in [0.29, 0.717) is 11.5 Å². The first-order valence-electron chi connectivity index (χ1n) is 8.97. The topological polar surface area (TPSA) is 64.9 Å². The van der Waals surface area contributed by atoms with Gasteiger partial charge in [0.1, 0.15) is 6.54 Å². The SMILES string of the molecule is O=C(Cn1c2ccccc2c2ccccc21)N/N=C/c1ccc2c(c1)OCO2. The van der Waals surface area contributed by atoms with E-state index in [1.807, 2.05) is 59.2 Å². The number of ether oxygens (including phenoxy) is 2. The summed E-state index contributed by atoms with van der Waals surface area (Å²) in [5.41, 5.74) is 5.48. The second-order valence-corrected chi connectivity index (χ2v) is 6.53. The van der Waals surface area contributed by atoms with Crippen molar-refractivity contribution in [3.63, 3.8) is 0 Å². The van der Waals surface area contributed by atoms with Crippen LogP contribution in [0, 0.1) is 0 Å². The van der Waals surface area contributed by atoms with E-state index in [4.69, 9.17) is 9.47 Å². The lowest BCUT2D eigenvalue weighted by molar-refractivity contribution is -0.121. The minimum atomic E-state index is -0.191. The Balaban J connectivity index is 1.36. The minimum Gasteiger partial charge on any atom is -0.454 e. The van der Waals surface area contributed by atoms with Gasteiger partial charge in [-0.1, -0.05) is 36.4 Å². The smallest absolute Gasteiger partial charge is 0.260 e. The molecule has 2 heterocycles. The summed E-state index contributed by atoms with van der Waals surface area (Å²) in [4.78, 5) is 12.5. The summed E-state index contributed by atoms with van der Waals surface area (Å²) >= 11 is 0. The first kappa shape index (κ1) is 16.4. The molecule has 4 aromatic rings. The Kier molecular flexibility index (Phi) is 3.94. The van der Waals surface area contributed by atoms with Crippen LogP contribution in [0.1, 0.15) is 5.56 Å². The van der Waals surface area contributed by atoms with Crippen molar-refractivity contribution >= 4 is 33.9 Å². The molecule has 6 nitrogen and oxygen atoms in total. The average molecular weight is 371 g/mol. The molecule has 0 saturated heterocycles. The van der Waals surface area contributed by atoms with Crippen molar-refractivity contribution in [3.8, 4) is 11.5 Å².